The van der Waals surface area contributed by atoms with Crippen molar-refractivity contribution in [3.63, 3.8) is 0 Å². The van der Waals surface area contributed by atoms with E-state index in [9.17, 15) is 14.7 Å². The van der Waals surface area contributed by atoms with Gasteiger partial charge in [0.15, 0.2) is 0 Å². The molecule has 5 nitrogen and oxygen atoms in total. The Labute approximate surface area is 140 Å². The molecule has 0 unspecified atom stereocenters. The van der Waals surface area contributed by atoms with Crippen LogP contribution in [0.3, 0.4) is 0 Å². The number of rotatable bonds is 3. The predicted molar refractivity (Wildman–Crippen MR) is 89.7 cm³/mol. The van der Waals surface area contributed by atoms with Crippen LogP contribution in [0.25, 0.3) is 10.9 Å². The fourth-order valence-corrected chi connectivity index (χ4v) is 4.59. The lowest BCUT2D eigenvalue weighted by atomic mass is 9.72. The fraction of sp³-hybridized carbons (Fsp3) is 0.421. The number of pyridine rings is 1. The molecule has 2 aromatic rings. The first-order chi connectivity index (χ1) is 11.6. The molecule has 124 valence electrons. The number of benzene rings is 1. The van der Waals surface area contributed by atoms with E-state index in [2.05, 4.69) is 4.98 Å². The molecule has 1 aromatic carbocycles. The highest BCUT2D eigenvalue weighted by Crippen LogP contribution is 2.52. The van der Waals surface area contributed by atoms with E-state index in [1.807, 2.05) is 42.2 Å². The quantitative estimate of drug-likeness (QED) is 0.942. The molecule has 3 heterocycles. The van der Waals surface area contributed by atoms with Crippen molar-refractivity contribution >= 4 is 22.8 Å². The third kappa shape index (κ3) is 1.97. The van der Waals surface area contributed by atoms with Gasteiger partial charge in [-0.1, -0.05) is 25.1 Å². The van der Waals surface area contributed by atoms with Crippen molar-refractivity contribution in [3.8, 4) is 0 Å². The van der Waals surface area contributed by atoms with Crippen molar-refractivity contribution in [2.45, 2.75) is 44.7 Å². The van der Waals surface area contributed by atoms with Crippen molar-refractivity contribution in [2.24, 2.45) is 5.41 Å². The number of carbonyl (C=O) groups excluding carboxylic acids is 1. The molecule has 0 aliphatic carbocycles. The molecule has 2 aliphatic heterocycles. The SMILES string of the molecule is CC[C@@]1(C(=O)O)C[C@@H]2CC[C@H]1N2C(=O)c1cnc2ccccc2c1. The molecular formula is C19H20N2O3. The van der Waals surface area contributed by atoms with Crippen LogP contribution in [0.1, 0.15) is 43.0 Å². The standard InChI is InChI=1S/C19H20N2O3/c1-2-19(18(23)24)10-14-7-8-16(19)21(14)17(22)13-9-12-5-3-4-6-15(12)20-11-13/h3-6,9,11,14,16H,2,7-8,10H2,1H3,(H,23,24)/t14-,16+,19+/m0/s1. The minimum atomic E-state index is -0.789. The number of nitrogens with zero attached hydrogens (tertiary/aromatic N) is 2. The van der Waals surface area contributed by atoms with Crippen molar-refractivity contribution in [2.75, 3.05) is 0 Å². The Bertz CT molecular complexity index is 834. The van der Waals surface area contributed by atoms with Gasteiger partial charge in [-0.15, -0.1) is 0 Å². The number of hydrogen-bond donors (Lipinski definition) is 1. The Morgan fingerprint density at radius 1 is 1.33 bits per heavy atom. The molecular weight excluding hydrogens is 304 g/mol. The summed E-state index contributed by atoms with van der Waals surface area (Å²) in [6.45, 7) is 1.91. The molecule has 3 atom stereocenters. The molecule has 1 aromatic heterocycles. The van der Waals surface area contributed by atoms with Gasteiger partial charge in [0.1, 0.15) is 0 Å². The zero-order valence-electron chi connectivity index (χ0n) is 13.6. The van der Waals surface area contributed by atoms with Gasteiger partial charge in [0.2, 0.25) is 0 Å². The van der Waals surface area contributed by atoms with E-state index in [0.717, 1.165) is 23.7 Å². The second-order valence-electron chi connectivity index (χ2n) is 6.90. The van der Waals surface area contributed by atoms with E-state index < -0.39 is 11.4 Å². The highest BCUT2D eigenvalue weighted by Gasteiger charge is 2.60. The summed E-state index contributed by atoms with van der Waals surface area (Å²) in [5.74, 6) is -0.857. The number of aliphatic carboxylic acids is 1. The molecule has 1 amide bonds. The lowest BCUT2D eigenvalue weighted by molar-refractivity contribution is -0.151. The number of carbonyl (C=O) groups is 2. The molecule has 2 aliphatic rings. The van der Waals surface area contributed by atoms with Crippen molar-refractivity contribution in [1.29, 1.82) is 0 Å². The second kappa shape index (κ2) is 5.30. The topological polar surface area (TPSA) is 70.5 Å². The number of amides is 1. The smallest absolute Gasteiger partial charge is 0.311 e. The number of carboxylic acid groups (broad SMARTS) is 1. The summed E-state index contributed by atoms with van der Waals surface area (Å²) >= 11 is 0. The highest BCUT2D eigenvalue weighted by atomic mass is 16.4. The fourth-order valence-electron chi connectivity index (χ4n) is 4.59. The lowest BCUT2D eigenvalue weighted by Crippen LogP contribution is -2.44. The summed E-state index contributed by atoms with van der Waals surface area (Å²) in [4.78, 5) is 31.1. The number of hydrogen-bond acceptors (Lipinski definition) is 3. The minimum Gasteiger partial charge on any atom is -0.481 e. The zero-order chi connectivity index (χ0) is 16.9. The number of fused-ring (bicyclic) bond motifs is 3. The van der Waals surface area contributed by atoms with Crippen LogP contribution in [0.5, 0.6) is 0 Å². The Hall–Kier alpha value is -2.43. The molecule has 0 saturated carbocycles. The Morgan fingerprint density at radius 3 is 2.83 bits per heavy atom. The maximum absolute atomic E-state index is 13.1. The second-order valence-corrected chi connectivity index (χ2v) is 6.90. The van der Waals surface area contributed by atoms with E-state index in [1.54, 1.807) is 6.20 Å². The Balaban J connectivity index is 1.70. The Kier molecular flexibility index (Phi) is 3.34. The number of carboxylic acids is 1. The van der Waals surface area contributed by atoms with Crippen molar-refractivity contribution in [3.05, 3.63) is 42.1 Å². The molecule has 4 rings (SSSR count). The van der Waals surface area contributed by atoms with Crippen LogP contribution in [0, 0.1) is 5.41 Å². The van der Waals surface area contributed by atoms with Gasteiger partial charge in [-0.2, -0.15) is 0 Å². The van der Waals surface area contributed by atoms with E-state index in [1.165, 1.54) is 0 Å². The van der Waals surface area contributed by atoms with Crippen molar-refractivity contribution in [1.82, 2.24) is 9.88 Å². The first kappa shape index (κ1) is 15.1. The van der Waals surface area contributed by atoms with Crippen LogP contribution >= 0.6 is 0 Å². The predicted octanol–water partition coefficient (Wildman–Crippen LogP) is 3.09. The minimum absolute atomic E-state index is 0.0324. The summed E-state index contributed by atoms with van der Waals surface area (Å²) in [5.41, 5.74) is 0.609. The summed E-state index contributed by atoms with van der Waals surface area (Å²) < 4.78 is 0. The van der Waals surface area contributed by atoms with Gasteiger partial charge >= 0.3 is 5.97 Å². The molecule has 2 saturated heterocycles. The average Bonchev–Trinajstić information content (AvgIpc) is 3.16. The number of para-hydroxylation sites is 1. The van der Waals surface area contributed by atoms with Gasteiger partial charge in [-0.3, -0.25) is 14.6 Å². The van der Waals surface area contributed by atoms with E-state index in [4.69, 9.17) is 0 Å². The summed E-state index contributed by atoms with van der Waals surface area (Å²) in [5, 5.41) is 10.7. The van der Waals surface area contributed by atoms with Gasteiger partial charge in [0.25, 0.3) is 5.91 Å². The van der Waals surface area contributed by atoms with Gasteiger partial charge in [0.05, 0.1) is 16.5 Å². The molecule has 2 bridgehead atoms. The third-order valence-corrected chi connectivity index (χ3v) is 5.87. The van der Waals surface area contributed by atoms with Crippen LogP contribution < -0.4 is 0 Å². The van der Waals surface area contributed by atoms with Gasteiger partial charge in [0, 0.05) is 23.7 Å². The Morgan fingerprint density at radius 2 is 2.12 bits per heavy atom. The highest BCUT2D eigenvalue weighted by molar-refractivity contribution is 5.98. The first-order valence-corrected chi connectivity index (χ1v) is 8.47. The molecule has 2 fully saturated rings. The van der Waals surface area contributed by atoms with E-state index in [-0.39, 0.29) is 18.0 Å². The van der Waals surface area contributed by atoms with Gasteiger partial charge in [-0.05, 0) is 37.8 Å². The van der Waals surface area contributed by atoms with E-state index >= 15 is 0 Å². The van der Waals surface area contributed by atoms with Gasteiger partial charge in [-0.25, -0.2) is 0 Å². The van der Waals surface area contributed by atoms with Crippen LogP contribution in [0.2, 0.25) is 0 Å². The van der Waals surface area contributed by atoms with Crippen LogP contribution in [-0.4, -0.2) is 39.0 Å². The largest absolute Gasteiger partial charge is 0.481 e. The van der Waals surface area contributed by atoms with Crippen LogP contribution in [-0.2, 0) is 4.79 Å². The van der Waals surface area contributed by atoms with E-state index in [0.29, 0.717) is 18.4 Å². The van der Waals surface area contributed by atoms with Crippen LogP contribution in [0.4, 0.5) is 0 Å². The molecule has 24 heavy (non-hydrogen) atoms. The lowest BCUT2D eigenvalue weighted by Gasteiger charge is -2.32. The van der Waals surface area contributed by atoms with Crippen molar-refractivity contribution < 1.29 is 14.7 Å². The molecule has 0 radical (unpaired) electrons. The van der Waals surface area contributed by atoms with Crippen LogP contribution in [0.15, 0.2) is 36.5 Å². The molecule has 5 heteroatoms. The third-order valence-electron chi connectivity index (χ3n) is 5.87. The average molecular weight is 324 g/mol. The summed E-state index contributed by atoms with van der Waals surface area (Å²) in [6.07, 6.45) is 4.40. The first-order valence-electron chi connectivity index (χ1n) is 8.47. The molecule has 0 spiro atoms. The normalized spacial score (nSPS) is 28.5. The van der Waals surface area contributed by atoms with Gasteiger partial charge < -0.3 is 10.0 Å². The monoisotopic (exact) mass is 324 g/mol. The summed E-state index contributed by atoms with van der Waals surface area (Å²) in [7, 11) is 0. The maximum Gasteiger partial charge on any atom is 0.311 e. The maximum atomic E-state index is 13.1. The molecule has 1 N–H and O–H groups in total. The zero-order valence-corrected chi connectivity index (χ0v) is 13.6. The number of aromatic nitrogens is 1. The summed E-state index contributed by atoms with van der Waals surface area (Å²) in [6, 6.07) is 9.37.